The Labute approximate surface area is 139 Å². The van der Waals surface area contributed by atoms with Gasteiger partial charge in [-0.2, -0.15) is 0 Å². The molecule has 9 heteroatoms. The van der Waals surface area contributed by atoms with E-state index in [0.717, 1.165) is 0 Å². The minimum absolute atomic E-state index is 0.0164. The molecule has 0 saturated heterocycles. The topological polar surface area (TPSA) is 101 Å². The maximum absolute atomic E-state index is 13.1. The van der Waals surface area contributed by atoms with Crippen molar-refractivity contribution in [1.29, 1.82) is 0 Å². The molecule has 0 radical (unpaired) electrons. The van der Waals surface area contributed by atoms with Crippen molar-refractivity contribution >= 4 is 34.2 Å². The third kappa shape index (κ3) is 3.04. The van der Waals surface area contributed by atoms with Crippen LogP contribution in [0.4, 0.5) is 10.1 Å². The lowest BCUT2D eigenvalue weighted by Crippen LogP contribution is -2.24. The summed E-state index contributed by atoms with van der Waals surface area (Å²) in [6.07, 6.45) is 0. The molecule has 0 aliphatic heterocycles. The number of fused-ring (bicyclic) bond motifs is 1. The Morgan fingerprint density at radius 3 is 2.92 bits per heavy atom. The Hall–Kier alpha value is -3.00. The monoisotopic (exact) mass is 348 g/mol. The molecule has 0 aliphatic carbocycles. The number of H-pyrrole nitrogens is 1. The quantitative estimate of drug-likeness (QED) is 0.558. The first-order valence-electron chi connectivity index (χ1n) is 6.81. The number of carbonyl (C=O) groups excluding carboxylic acids is 1. The van der Waals surface area contributed by atoms with Crippen molar-refractivity contribution in [3.8, 4) is 0 Å². The van der Waals surface area contributed by atoms with E-state index in [-0.39, 0.29) is 22.8 Å². The van der Waals surface area contributed by atoms with Gasteiger partial charge in [-0.05, 0) is 24.3 Å². The summed E-state index contributed by atoms with van der Waals surface area (Å²) in [5.74, 6) is -0.717. The molecule has 0 bridgehead atoms. The Bertz CT molecular complexity index is 957. The number of rotatable bonds is 4. The van der Waals surface area contributed by atoms with Crippen LogP contribution in [-0.4, -0.2) is 20.8 Å². The number of nitrogens with zero attached hydrogens (tertiary/aromatic N) is 2. The van der Waals surface area contributed by atoms with Crippen LogP contribution in [0.5, 0.6) is 0 Å². The molecule has 1 aromatic heterocycles. The molecule has 7 nitrogen and oxygen atoms in total. The van der Waals surface area contributed by atoms with Gasteiger partial charge in [-0.3, -0.25) is 14.9 Å². The molecule has 24 heavy (non-hydrogen) atoms. The highest BCUT2D eigenvalue weighted by Gasteiger charge is 2.23. The normalized spacial score (nSPS) is 10.8. The van der Waals surface area contributed by atoms with E-state index in [9.17, 15) is 19.3 Å². The minimum atomic E-state index is -0.695. The number of aromatic amines is 1. The Morgan fingerprint density at radius 1 is 1.38 bits per heavy atom. The summed E-state index contributed by atoms with van der Waals surface area (Å²) in [7, 11) is 0. The van der Waals surface area contributed by atoms with Crippen LogP contribution in [0.15, 0.2) is 36.4 Å². The van der Waals surface area contributed by atoms with Crippen molar-refractivity contribution in [1.82, 2.24) is 15.3 Å². The van der Waals surface area contributed by atoms with Gasteiger partial charge in [-0.15, -0.1) is 0 Å². The molecule has 1 amide bonds. The molecule has 122 valence electrons. The SMILES string of the molecule is O=C(NCc1nc2ccc(F)cc2[nH]1)c1c(Cl)cccc1[N+](=O)[O-]. The van der Waals surface area contributed by atoms with Crippen molar-refractivity contribution in [3.05, 3.63) is 68.7 Å². The second-order valence-electron chi connectivity index (χ2n) is 4.92. The van der Waals surface area contributed by atoms with Crippen LogP contribution < -0.4 is 5.32 Å². The summed E-state index contributed by atoms with van der Waals surface area (Å²) in [5.41, 5.74) is 0.436. The van der Waals surface area contributed by atoms with Crippen LogP contribution in [-0.2, 0) is 6.54 Å². The summed E-state index contributed by atoms with van der Waals surface area (Å²) < 4.78 is 13.1. The van der Waals surface area contributed by atoms with Gasteiger partial charge in [0.25, 0.3) is 11.6 Å². The Balaban J connectivity index is 1.81. The lowest BCUT2D eigenvalue weighted by Gasteiger charge is -2.06. The van der Waals surface area contributed by atoms with Crippen LogP contribution >= 0.6 is 11.6 Å². The van der Waals surface area contributed by atoms with Crippen molar-refractivity contribution < 1.29 is 14.1 Å². The van der Waals surface area contributed by atoms with Crippen LogP contribution in [0.1, 0.15) is 16.2 Å². The molecular formula is C15H10ClFN4O3. The molecule has 0 saturated carbocycles. The van der Waals surface area contributed by atoms with E-state index in [1.807, 2.05) is 0 Å². The predicted molar refractivity (Wildman–Crippen MR) is 85.3 cm³/mol. The van der Waals surface area contributed by atoms with Crippen LogP contribution in [0.25, 0.3) is 11.0 Å². The largest absolute Gasteiger partial charge is 0.345 e. The highest BCUT2D eigenvalue weighted by molar-refractivity contribution is 6.34. The van der Waals surface area contributed by atoms with Crippen molar-refractivity contribution in [2.75, 3.05) is 0 Å². The van der Waals surface area contributed by atoms with Crippen molar-refractivity contribution in [3.63, 3.8) is 0 Å². The molecular weight excluding hydrogens is 339 g/mol. The fourth-order valence-corrected chi connectivity index (χ4v) is 2.52. The van der Waals surface area contributed by atoms with Gasteiger partial charge in [0.05, 0.1) is 27.5 Å². The van der Waals surface area contributed by atoms with E-state index in [2.05, 4.69) is 15.3 Å². The zero-order valence-electron chi connectivity index (χ0n) is 12.0. The average Bonchev–Trinajstić information content (AvgIpc) is 2.94. The van der Waals surface area contributed by atoms with Crippen molar-refractivity contribution in [2.45, 2.75) is 6.54 Å². The number of carbonyl (C=O) groups is 1. The molecule has 2 N–H and O–H groups in total. The molecule has 0 aliphatic rings. The van der Waals surface area contributed by atoms with Gasteiger partial charge < -0.3 is 10.3 Å². The van der Waals surface area contributed by atoms with Crippen LogP contribution in [0, 0.1) is 15.9 Å². The minimum Gasteiger partial charge on any atom is -0.345 e. The molecule has 2 aromatic carbocycles. The van der Waals surface area contributed by atoms with Crippen LogP contribution in [0.3, 0.4) is 0 Å². The number of nitrogens with one attached hydrogen (secondary N) is 2. The molecule has 3 rings (SSSR count). The lowest BCUT2D eigenvalue weighted by atomic mass is 10.1. The number of hydrogen-bond acceptors (Lipinski definition) is 4. The number of benzene rings is 2. The number of hydrogen-bond donors (Lipinski definition) is 2. The molecule has 0 atom stereocenters. The van der Waals surface area contributed by atoms with E-state index in [1.165, 1.54) is 36.4 Å². The van der Waals surface area contributed by atoms with Gasteiger partial charge in [-0.1, -0.05) is 17.7 Å². The third-order valence-electron chi connectivity index (χ3n) is 3.32. The van der Waals surface area contributed by atoms with E-state index in [4.69, 9.17) is 11.6 Å². The van der Waals surface area contributed by atoms with E-state index in [0.29, 0.717) is 16.9 Å². The summed E-state index contributed by atoms with van der Waals surface area (Å²) in [5, 5.41) is 13.5. The molecule has 0 fully saturated rings. The number of nitro groups is 1. The number of halogens is 2. The average molecular weight is 349 g/mol. The lowest BCUT2D eigenvalue weighted by molar-refractivity contribution is -0.385. The van der Waals surface area contributed by atoms with Crippen LogP contribution in [0.2, 0.25) is 5.02 Å². The first kappa shape index (κ1) is 15.9. The van der Waals surface area contributed by atoms with Gasteiger partial charge in [0.2, 0.25) is 0 Å². The fraction of sp³-hybridized carbons (Fsp3) is 0.0667. The summed E-state index contributed by atoms with van der Waals surface area (Å²) in [6.45, 7) is -0.0164. The highest BCUT2D eigenvalue weighted by atomic mass is 35.5. The highest BCUT2D eigenvalue weighted by Crippen LogP contribution is 2.26. The second kappa shape index (κ2) is 6.25. The zero-order valence-corrected chi connectivity index (χ0v) is 12.8. The summed E-state index contributed by atoms with van der Waals surface area (Å²) in [6, 6.07) is 8.06. The van der Waals surface area contributed by atoms with E-state index in [1.54, 1.807) is 0 Å². The standard InChI is InChI=1S/C15H10ClFN4O3/c16-9-2-1-3-12(21(23)24)14(9)15(22)18-7-13-19-10-5-4-8(17)6-11(10)20-13/h1-6H,7H2,(H,18,22)(H,19,20). The molecule has 1 heterocycles. The Kier molecular flexibility index (Phi) is 4.13. The number of aromatic nitrogens is 2. The smallest absolute Gasteiger partial charge is 0.283 e. The van der Waals surface area contributed by atoms with Gasteiger partial charge >= 0.3 is 0 Å². The maximum Gasteiger partial charge on any atom is 0.283 e. The fourth-order valence-electron chi connectivity index (χ4n) is 2.26. The first-order valence-corrected chi connectivity index (χ1v) is 7.19. The molecule has 3 aromatic rings. The Morgan fingerprint density at radius 2 is 2.17 bits per heavy atom. The zero-order chi connectivity index (χ0) is 17.3. The second-order valence-corrected chi connectivity index (χ2v) is 5.33. The maximum atomic E-state index is 13.1. The predicted octanol–water partition coefficient (Wildman–Crippen LogP) is 3.19. The van der Waals surface area contributed by atoms with Gasteiger partial charge in [0.15, 0.2) is 0 Å². The van der Waals surface area contributed by atoms with Crippen molar-refractivity contribution in [2.24, 2.45) is 0 Å². The third-order valence-corrected chi connectivity index (χ3v) is 3.64. The van der Waals surface area contributed by atoms with Gasteiger partial charge in [0, 0.05) is 6.07 Å². The number of nitro benzene ring substituents is 1. The van der Waals surface area contributed by atoms with Gasteiger partial charge in [-0.25, -0.2) is 9.37 Å². The van der Waals surface area contributed by atoms with E-state index >= 15 is 0 Å². The number of imidazole rings is 1. The van der Waals surface area contributed by atoms with Gasteiger partial charge in [0.1, 0.15) is 17.2 Å². The molecule has 0 spiro atoms. The summed E-state index contributed by atoms with van der Waals surface area (Å²) >= 11 is 5.90. The first-order chi connectivity index (χ1) is 11.5. The summed E-state index contributed by atoms with van der Waals surface area (Å²) in [4.78, 5) is 29.6. The van der Waals surface area contributed by atoms with E-state index < -0.39 is 16.6 Å². The molecule has 0 unspecified atom stereocenters. The number of amides is 1.